The van der Waals surface area contributed by atoms with E-state index in [1.807, 2.05) is 31.2 Å². The van der Waals surface area contributed by atoms with E-state index in [-0.39, 0.29) is 24.0 Å². The average molecular weight is 370 g/mol. The first-order valence-corrected chi connectivity index (χ1v) is 10.1. The van der Waals surface area contributed by atoms with Crippen molar-refractivity contribution in [3.63, 3.8) is 0 Å². The Morgan fingerprint density at radius 1 is 1.22 bits per heavy atom. The van der Waals surface area contributed by atoms with Gasteiger partial charge in [-0.2, -0.15) is 0 Å². The molecular formula is C23H31NO3. The van der Waals surface area contributed by atoms with Crippen molar-refractivity contribution in [3.8, 4) is 0 Å². The molecule has 1 aromatic rings. The third kappa shape index (κ3) is 4.42. The fourth-order valence-electron chi connectivity index (χ4n) is 4.47. The van der Waals surface area contributed by atoms with Crippen molar-refractivity contribution in [2.75, 3.05) is 0 Å². The van der Waals surface area contributed by atoms with Crippen LogP contribution in [0.1, 0.15) is 63.6 Å². The first kappa shape index (κ1) is 19.7. The lowest BCUT2D eigenvalue weighted by atomic mass is 9.75. The molecule has 1 heterocycles. The Bertz CT molecular complexity index is 724. The van der Waals surface area contributed by atoms with Crippen molar-refractivity contribution >= 4 is 11.9 Å². The zero-order valence-electron chi connectivity index (χ0n) is 16.9. The number of benzene rings is 1. The van der Waals surface area contributed by atoms with Gasteiger partial charge in [0.25, 0.3) is 0 Å². The largest absolute Gasteiger partial charge is 0.446 e. The standard InChI is InChI=1S/C23H31NO3/c1-15(2)19-10-9-16(3)13-22(19)27-23(26)24-12-11-18(25)14-21(24)20-8-6-5-7-17(20)4/h5-8,11-12,15-16,19,21-22H,9-10,13-14H2,1-4H3/t16-,19+,21+,22-/m1/s1. The maximum absolute atomic E-state index is 13.1. The Morgan fingerprint density at radius 2 is 1.96 bits per heavy atom. The highest BCUT2D eigenvalue weighted by Crippen LogP contribution is 2.37. The van der Waals surface area contributed by atoms with Crippen molar-refractivity contribution in [1.29, 1.82) is 0 Å². The second-order valence-corrected chi connectivity index (χ2v) is 8.51. The third-order valence-corrected chi connectivity index (χ3v) is 6.12. The summed E-state index contributed by atoms with van der Waals surface area (Å²) in [5.74, 6) is 1.50. The van der Waals surface area contributed by atoms with Crippen LogP contribution in [0.5, 0.6) is 0 Å². The van der Waals surface area contributed by atoms with E-state index in [0.717, 1.165) is 24.0 Å². The van der Waals surface area contributed by atoms with Crippen molar-refractivity contribution in [2.45, 2.75) is 65.5 Å². The maximum Gasteiger partial charge on any atom is 0.414 e. The Labute approximate surface area is 162 Å². The predicted octanol–water partition coefficient (Wildman–Crippen LogP) is 5.42. The minimum absolute atomic E-state index is 0.0404. The van der Waals surface area contributed by atoms with E-state index in [1.165, 1.54) is 12.5 Å². The molecule has 1 aromatic carbocycles. The number of aryl methyl sites for hydroxylation is 1. The maximum atomic E-state index is 13.1. The monoisotopic (exact) mass is 369 g/mol. The normalized spacial score (nSPS) is 28.5. The van der Waals surface area contributed by atoms with Crippen LogP contribution < -0.4 is 0 Å². The molecule has 0 bridgehead atoms. The summed E-state index contributed by atoms with van der Waals surface area (Å²) in [5, 5.41) is 0. The number of nitrogens with zero attached hydrogens (tertiary/aromatic N) is 1. The van der Waals surface area contributed by atoms with Gasteiger partial charge in [-0.3, -0.25) is 9.69 Å². The van der Waals surface area contributed by atoms with E-state index in [0.29, 0.717) is 24.2 Å². The summed E-state index contributed by atoms with van der Waals surface area (Å²) in [4.78, 5) is 26.7. The van der Waals surface area contributed by atoms with Crippen LogP contribution >= 0.6 is 0 Å². The number of carbonyl (C=O) groups excluding carboxylic acids is 2. The Hall–Kier alpha value is -2.10. The van der Waals surface area contributed by atoms with Crippen LogP contribution in [0.25, 0.3) is 0 Å². The number of ether oxygens (including phenoxy) is 1. The SMILES string of the molecule is Cc1ccccc1[C@@H]1CC(=O)C=CN1C(=O)O[C@@H]1C[C@H](C)CC[C@H]1C(C)C. The van der Waals surface area contributed by atoms with Crippen LogP contribution in [0.3, 0.4) is 0 Å². The van der Waals surface area contributed by atoms with Gasteiger partial charge in [-0.15, -0.1) is 0 Å². The highest BCUT2D eigenvalue weighted by molar-refractivity contribution is 5.92. The molecule has 0 unspecified atom stereocenters. The number of hydrogen-bond acceptors (Lipinski definition) is 3. The summed E-state index contributed by atoms with van der Waals surface area (Å²) in [6.07, 6.45) is 6.21. The van der Waals surface area contributed by atoms with E-state index in [1.54, 1.807) is 11.1 Å². The average Bonchev–Trinajstić information content (AvgIpc) is 2.61. The summed E-state index contributed by atoms with van der Waals surface area (Å²) in [6.45, 7) is 8.65. The van der Waals surface area contributed by atoms with Gasteiger partial charge in [0, 0.05) is 12.6 Å². The first-order chi connectivity index (χ1) is 12.9. The molecule has 4 nitrogen and oxygen atoms in total. The molecule has 4 atom stereocenters. The fraction of sp³-hybridized carbons (Fsp3) is 0.565. The molecular weight excluding hydrogens is 338 g/mol. The van der Waals surface area contributed by atoms with Crippen LogP contribution in [-0.2, 0) is 9.53 Å². The second kappa shape index (κ2) is 8.28. The summed E-state index contributed by atoms with van der Waals surface area (Å²) in [6, 6.07) is 7.63. The summed E-state index contributed by atoms with van der Waals surface area (Å²) < 4.78 is 6.03. The molecule has 0 spiro atoms. The van der Waals surface area contributed by atoms with Crippen molar-refractivity contribution in [2.24, 2.45) is 17.8 Å². The summed E-state index contributed by atoms with van der Waals surface area (Å²) >= 11 is 0. The van der Waals surface area contributed by atoms with Crippen LogP contribution in [0.15, 0.2) is 36.5 Å². The van der Waals surface area contributed by atoms with Gasteiger partial charge >= 0.3 is 6.09 Å². The lowest BCUT2D eigenvalue weighted by molar-refractivity contribution is -0.116. The molecule has 0 radical (unpaired) electrons. The lowest BCUT2D eigenvalue weighted by Gasteiger charge is -2.39. The minimum Gasteiger partial charge on any atom is -0.446 e. The van der Waals surface area contributed by atoms with Gasteiger partial charge in [-0.25, -0.2) is 4.79 Å². The lowest BCUT2D eigenvalue weighted by Crippen LogP contribution is -2.41. The zero-order chi connectivity index (χ0) is 19.6. The van der Waals surface area contributed by atoms with Gasteiger partial charge in [0.2, 0.25) is 0 Å². The van der Waals surface area contributed by atoms with Gasteiger partial charge in [-0.1, -0.05) is 51.5 Å². The highest BCUT2D eigenvalue weighted by atomic mass is 16.6. The third-order valence-electron chi connectivity index (χ3n) is 6.12. The molecule has 1 fully saturated rings. The molecule has 146 valence electrons. The van der Waals surface area contributed by atoms with E-state index < -0.39 is 0 Å². The number of hydrogen-bond donors (Lipinski definition) is 0. The highest BCUT2D eigenvalue weighted by Gasteiger charge is 2.37. The molecule has 1 aliphatic carbocycles. The molecule has 4 heteroatoms. The van der Waals surface area contributed by atoms with Crippen molar-refractivity contribution in [1.82, 2.24) is 4.90 Å². The van der Waals surface area contributed by atoms with Crippen LogP contribution in [0, 0.1) is 24.7 Å². The van der Waals surface area contributed by atoms with Crippen LogP contribution in [-0.4, -0.2) is 22.9 Å². The van der Waals surface area contributed by atoms with Gasteiger partial charge in [-0.05, 0) is 54.7 Å². The molecule has 0 saturated heterocycles. The molecule has 0 N–H and O–H groups in total. The molecule has 1 amide bonds. The van der Waals surface area contributed by atoms with Gasteiger partial charge in [0.05, 0.1) is 6.04 Å². The topological polar surface area (TPSA) is 46.6 Å². The summed E-state index contributed by atoms with van der Waals surface area (Å²) in [7, 11) is 0. The number of allylic oxidation sites excluding steroid dienone is 1. The van der Waals surface area contributed by atoms with E-state index >= 15 is 0 Å². The summed E-state index contributed by atoms with van der Waals surface area (Å²) in [5.41, 5.74) is 2.08. The Kier molecular flexibility index (Phi) is 6.03. The smallest absolute Gasteiger partial charge is 0.414 e. The number of carbonyl (C=O) groups is 2. The molecule has 3 rings (SSSR count). The van der Waals surface area contributed by atoms with E-state index in [9.17, 15) is 9.59 Å². The van der Waals surface area contributed by atoms with E-state index in [4.69, 9.17) is 4.74 Å². The quantitative estimate of drug-likeness (QED) is 0.714. The van der Waals surface area contributed by atoms with Gasteiger partial charge < -0.3 is 4.74 Å². The number of amides is 1. The number of rotatable bonds is 3. The molecule has 2 aliphatic rings. The molecule has 0 aromatic heterocycles. The Balaban J connectivity index is 1.81. The second-order valence-electron chi connectivity index (χ2n) is 8.51. The van der Waals surface area contributed by atoms with Gasteiger partial charge in [0.15, 0.2) is 5.78 Å². The molecule has 27 heavy (non-hydrogen) atoms. The van der Waals surface area contributed by atoms with E-state index in [2.05, 4.69) is 20.8 Å². The zero-order valence-corrected chi connectivity index (χ0v) is 16.9. The number of ketones is 1. The fourth-order valence-corrected chi connectivity index (χ4v) is 4.47. The van der Waals surface area contributed by atoms with Crippen LogP contribution in [0.4, 0.5) is 4.79 Å². The molecule has 1 saturated carbocycles. The van der Waals surface area contributed by atoms with Crippen molar-refractivity contribution in [3.05, 3.63) is 47.7 Å². The molecule has 1 aliphatic heterocycles. The predicted molar refractivity (Wildman–Crippen MR) is 106 cm³/mol. The van der Waals surface area contributed by atoms with Gasteiger partial charge in [0.1, 0.15) is 6.10 Å². The Morgan fingerprint density at radius 3 is 2.67 bits per heavy atom. The van der Waals surface area contributed by atoms with Crippen LogP contribution in [0.2, 0.25) is 0 Å². The first-order valence-electron chi connectivity index (χ1n) is 10.1. The van der Waals surface area contributed by atoms with Crippen molar-refractivity contribution < 1.29 is 14.3 Å². The minimum atomic E-state index is -0.336.